The predicted molar refractivity (Wildman–Crippen MR) is 93.1 cm³/mol. The van der Waals surface area contributed by atoms with E-state index in [1.54, 1.807) is 9.21 Å². The molecule has 0 aliphatic carbocycles. The average Bonchev–Trinajstić information content (AvgIpc) is 3.11. The second-order valence-electron chi connectivity index (χ2n) is 6.99. The number of nitrogens with zero attached hydrogens (tertiary/aromatic N) is 4. The minimum absolute atomic E-state index is 0.0344. The van der Waals surface area contributed by atoms with Gasteiger partial charge in [0, 0.05) is 58.9 Å². The third-order valence-electron chi connectivity index (χ3n) is 5.31. The van der Waals surface area contributed by atoms with Crippen LogP contribution < -0.4 is 5.73 Å². The summed E-state index contributed by atoms with van der Waals surface area (Å²) >= 11 is 0. The lowest BCUT2D eigenvalue weighted by atomic mass is 10.1. The van der Waals surface area contributed by atoms with Crippen molar-refractivity contribution in [2.75, 3.05) is 66.0 Å². The molecule has 0 radical (unpaired) electrons. The molecule has 3 saturated heterocycles. The minimum Gasteiger partial charge on any atom is -0.364 e. The summed E-state index contributed by atoms with van der Waals surface area (Å²) in [5.41, 5.74) is 5.59. The first-order valence-corrected chi connectivity index (χ1v) is 10.4. The predicted octanol–water partition coefficient (Wildman–Crippen LogP) is -1.87. The third kappa shape index (κ3) is 4.15. The van der Waals surface area contributed by atoms with E-state index in [1.807, 2.05) is 7.05 Å². The lowest BCUT2D eigenvalue weighted by molar-refractivity contribution is -0.144. The van der Waals surface area contributed by atoms with Gasteiger partial charge in [0.2, 0.25) is 0 Å². The Bertz CT molecular complexity index is 570. The molecule has 1 amide bonds. The zero-order valence-electron chi connectivity index (χ0n) is 14.8. The van der Waals surface area contributed by atoms with Crippen LogP contribution in [0.1, 0.15) is 12.8 Å². The van der Waals surface area contributed by atoms with Crippen LogP contribution >= 0.6 is 0 Å². The molecule has 3 rings (SSSR count). The van der Waals surface area contributed by atoms with E-state index >= 15 is 0 Å². The fourth-order valence-electron chi connectivity index (χ4n) is 3.59. The smallest absolute Gasteiger partial charge is 0.282 e. The van der Waals surface area contributed by atoms with Gasteiger partial charge >= 0.3 is 0 Å². The van der Waals surface area contributed by atoms with Crippen LogP contribution in [0, 0.1) is 0 Å². The van der Waals surface area contributed by atoms with Crippen molar-refractivity contribution in [2.24, 2.45) is 5.73 Å². The fraction of sp³-hybridized carbons (Fsp3) is 0.933. The highest BCUT2D eigenvalue weighted by Crippen LogP contribution is 2.22. The highest BCUT2D eigenvalue weighted by Gasteiger charge is 2.37. The minimum atomic E-state index is -3.44. The standard InChI is InChI=1S/C15H29N5O4S/c1-17-4-8-19(9-5-17)25(22,23)20-10-6-18(7-11-20)15(21)14-3-2-13(12-16)24-14/h13-14H,2-12,16H2,1H3/t13-,14+/m1/s1. The Morgan fingerprint density at radius 2 is 1.56 bits per heavy atom. The highest BCUT2D eigenvalue weighted by molar-refractivity contribution is 7.86. The second kappa shape index (κ2) is 7.85. The van der Waals surface area contributed by atoms with Gasteiger partial charge in [-0.2, -0.15) is 17.0 Å². The Hall–Kier alpha value is -0.780. The van der Waals surface area contributed by atoms with Crippen LogP contribution in [0.15, 0.2) is 0 Å². The number of hydrogen-bond acceptors (Lipinski definition) is 6. The zero-order valence-corrected chi connectivity index (χ0v) is 15.7. The van der Waals surface area contributed by atoms with Gasteiger partial charge in [0.1, 0.15) is 6.10 Å². The van der Waals surface area contributed by atoms with Crippen molar-refractivity contribution in [2.45, 2.75) is 25.0 Å². The lowest BCUT2D eigenvalue weighted by Gasteiger charge is -2.39. The molecule has 9 nitrogen and oxygen atoms in total. The van der Waals surface area contributed by atoms with Gasteiger partial charge in [0.05, 0.1) is 6.10 Å². The van der Waals surface area contributed by atoms with E-state index in [0.717, 1.165) is 19.5 Å². The number of rotatable bonds is 4. The summed E-state index contributed by atoms with van der Waals surface area (Å²) in [5.74, 6) is -0.0346. The van der Waals surface area contributed by atoms with Gasteiger partial charge in [-0.25, -0.2) is 0 Å². The van der Waals surface area contributed by atoms with Crippen molar-refractivity contribution < 1.29 is 17.9 Å². The molecule has 0 spiro atoms. The lowest BCUT2D eigenvalue weighted by Crippen LogP contribution is -2.58. The number of nitrogens with two attached hydrogens (primary N) is 1. The van der Waals surface area contributed by atoms with Crippen LogP contribution in [0.3, 0.4) is 0 Å². The quantitative estimate of drug-likeness (QED) is 0.618. The monoisotopic (exact) mass is 375 g/mol. The molecule has 3 aliphatic heterocycles. The molecule has 0 aromatic heterocycles. The summed E-state index contributed by atoms with van der Waals surface area (Å²) in [6, 6.07) is 0. The van der Waals surface area contributed by atoms with Crippen LogP contribution in [0.2, 0.25) is 0 Å². The molecule has 10 heteroatoms. The average molecular weight is 375 g/mol. The molecular formula is C15H29N5O4S. The van der Waals surface area contributed by atoms with E-state index in [9.17, 15) is 13.2 Å². The van der Waals surface area contributed by atoms with Gasteiger partial charge in [0.25, 0.3) is 16.1 Å². The zero-order chi connectivity index (χ0) is 18.0. The Morgan fingerprint density at radius 1 is 1.00 bits per heavy atom. The Balaban J connectivity index is 1.52. The molecule has 0 aromatic rings. The van der Waals surface area contributed by atoms with Crippen LogP contribution in [-0.4, -0.2) is 111 Å². The van der Waals surface area contributed by atoms with Crippen LogP contribution in [0.5, 0.6) is 0 Å². The Kier molecular flexibility index (Phi) is 5.96. The maximum Gasteiger partial charge on any atom is 0.282 e. The molecule has 144 valence electrons. The molecule has 0 aromatic carbocycles. The maximum atomic E-state index is 12.8. The summed E-state index contributed by atoms with van der Waals surface area (Å²) < 4.78 is 34.2. The Morgan fingerprint density at radius 3 is 2.08 bits per heavy atom. The number of likely N-dealkylation sites (N-methyl/N-ethyl adjacent to an activating group) is 1. The molecule has 0 unspecified atom stereocenters. The topological polar surface area (TPSA) is 99.4 Å². The van der Waals surface area contributed by atoms with Gasteiger partial charge in [-0.15, -0.1) is 0 Å². The molecule has 3 heterocycles. The summed E-state index contributed by atoms with van der Waals surface area (Å²) in [6.07, 6.45) is 1.05. The Labute approximate surface area is 149 Å². The van der Waals surface area contributed by atoms with Gasteiger partial charge in [-0.05, 0) is 19.9 Å². The van der Waals surface area contributed by atoms with Gasteiger partial charge in [-0.1, -0.05) is 0 Å². The molecule has 0 saturated carbocycles. The normalized spacial score (nSPS) is 30.7. The van der Waals surface area contributed by atoms with Crippen molar-refractivity contribution in [1.29, 1.82) is 0 Å². The van der Waals surface area contributed by atoms with Crippen LogP contribution in [-0.2, 0) is 19.7 Å². The summed E-state index contributed by atoms with van der Waals surface area (Å²) in [4.78, 5) is 16.4. The molecule has 3 aliphatic rings. The van der Waals surface area contributed by atoms with Gasteiger partial charge < -0.3 is 20.3 Å². The third-order valence-corrected chi connectivity index (χ3v) is 7.35. The number of amides is 1. The van der Waals surface area contributed by atoms with Crippen molar-refractivity contribution >= 4 is 16.1 Å². The van der Waals surface area contributed by atoms with Crippen molar-refractivity contribution in [1.82, 2.24) is 18.4 Å². The van der Waals surface area contributed by atoms with E-state index < -0.39 is 16.3 Å². The SMILES string of the molecule is CN1CCN(S(=O)(=O)N2CCN(C(=O)[C@@H]3CC[C@H](CN)O3)CC2)CC1. The van der Waals surface area contributed by atoms with Gasteiger partial charge in [-0.3, -0.25) is 4.79 Å². The molecule has 2 atom stereocenters. The first-order chi connectivity index (χ1) is 11.9. The number of hydrogen-bond donors (Lipinski definition) is 1. The van der Waals surface area contributed by atoms with E-state index in [1.165, 1.54) is 4.31 Å². The summed E-state index contributed by atoms with van der Waals surface area (Å²) in [5, 5.41) is 0. The van der Waals surface area contributed by atoms with Gasteiger partial charge in [0.15, 0.2) is 0 Å². The fourth-order valence-corrected chi connectivity index (χ4v) is 5.16. The largest absolute Gasteiger partial charge is 0.364 e. The number of ether oxygens (including phenoxy) is 1. The number of carbonyl (C=O) groups is 1. The molecule has 2 N–H and O–H groups in total. The molecule has 0 bridgehead atoms. The van der Waals surface area contributed by atoms with E-state index in [4.69, 9.17) is 10.5 Å². The highest BCUT2D eigenvalue weighted by atomic mass is 32.2. The van der Waals surface area contributed by atoms with Crippen molar-refractivity contribution in [3.8, 4) is 0 Å². The van der Waals surface area contributed by atoms with E-state index in [-0.39, 0.29) is 12.0 Å². The maximum absolute atomic E-state index is 12.8. The number of piperazine rings is 2. The summed E-state index contributed by atoms with van der Waals surface area (Å²) in [7, 11) is -1.44. The molecule has 3 fully saturated rings. The first-order valence-electron chi connectivity index (χ1n) is 9.00. The molecular weight excluding hydrogens is 346 g/mol. The van der Waals surface area contributed by atoms with Crippen molar-refractivity contribution in [3.05, 3.63) is 0 Å². The molecule has 25 heavy (non-hydrogen) atoms. The van der Waals surface area contributed by atoms with Crippen LogP contribution in [0.4, 0.5) is 0 Å². The van der Waals surface area contributed by atoms with E-state index in [0.29, 0.717) is 52.2 Å². The number of carbonyl (C=O) groups excluding carboxylic acids is 1. The first kappa shape index (κ1) is 19.0. The summed E-state index contributed by atoms with van der Waals surface area (Å²) in [6.45, 7) is 4.49. The second-order valence-corrected chi connectivity index (χ2v) is 8.92. The van der Waals surface area contributed by atoms with Crippen molar-refractivity contribution in [3.63, 3.8) is 0 Å². The van der Waals surface area contributed by atoms with E-state index in [2.05, 4.69) is 4.90 Å². The van der Waals surface area contributed by atoms with Crippen LogP contribution in [0.25, 0.3) is 0 Å².